The van der Waals surface area contributed by atoms with Crippen LogP contribution < -0.4 is 5.32 Å². The summed E-state index contributed by atoms with van der Waals surface area (Å²) >= 11 is 12.8. The zero-order valence-electron chi connectivity index (χ0n) is 19.0. The largest absolute Gasteiger partial charge is 0.381 e. The van der Waals surface area contributed by atoms with Crippen molar-refractivity contribution in [3.05, 3.63) is 99.9 Å². The predicted molar refractivity (Wildman–Crippen MR) is 139 cm³/mol. The van der Waals surface area contributed by atoms with Gasteiger partial charge in [-0.2, -0.15) is 0 Å². The molecule has 0 bridgehead atoms. The second-order valence-electron chi connectivity index (χ2n) is 8.25. The Balaban J connectivity index is 1.60. The second kappa shape index (κ2) is 10.4. The molecule has 2 heterocycles. The van der Waals surface area contributed by atoms with Crippen molar-refractivity contribution in [3.8, 4) is 22.4 Å². The summed E-state index contributed by atoms with van der Waals surface area (Å²) in [6, 6.07) is 23.8. The molecule has 1 unspecified atom stereocenters. The first-order chi connectivity index (χ1) is 15.9. The molecule has 5 heteroatoms. The molecule has 0 saturated carbocycles. The van der Waals surface area contributed by atoms with Gasteiger partial charge in [0.1, 0.15) is 0 Å². The molecule has 4 rings (SSSR count). The van der Waals surface area contributed by atoms with Crippen molar-refractivity contribution in [2.75, 3.05) is 5.32 Å². The first-order valence-corrected chi connectivity index (χ1v) is 11.8. The molecular weight excluding hydrogens is 449 g/mol. The number of benzene rings is 2. The highest BCUT2D eigenvalue weighted by Crippen LogP contribution is 2.36. The highest BCUT2D eigenvalue weighted by Gasteiger charge is 2.14. The summed E-state index contributed by atoms with van der Waals surface area (Å²) in [7, 11) is 0. The summed E-state index contributed by atoms with van der Waals surface area (Å²) in [6.07, 6.45) is 3.81. The van der Waals surface area contributed by atoms with Gasteiger partial charge >= 0.3 is 0 Å². The predicted octanol–water partition coefficient (Wildman–Crippen LogP) is 7.97. The van der Waals surface area contributed by atoms with E-state index in [-0.39, 0.29) is 6.04 Å². The maximum atomic E-state index is 6.42. The summed E-state index contributed by atoms with van der Waals surface area (Å²) in [5, 5.41) is 4.75. The topological polar surface area (TPSA) is 37.8 Å². The minimum Gasteiger partial charge on any atom is -0.381 e. The molecular formula is C28H26Cl2N3. The van der Waals surface area contributed by atoms with E-state index in [0.717, 1.165) is 52.3 Å². The number of nitrogens with one attached hydrogen (secondary N) is 1. The molecule has 2 aromatic heterocycles. The first kappa shape index (κ1) is 23.3. The van der Waals surface area contributed by atoms with Crippen LogP contribution in [0.3, 0.4) is 0 Å². The van der Waals surface area contributed by atoms with E-state index in [1.807, 2.05) is 50.2 Å². The van der Waals surface area contributed by atoms with E-state index in [2.05, 4.69) is 47.6 Å². The Hall–Kier alpha value is -2.88. The normalized spacial score (nSPS) is 11.9. The van der Waals surface area contributed by atoms with Gasteiger partial charge in [0.2, 0.25) is 0 Å². The summed E-state index contributed by atoms with van der Waals surface area (Å²) in [5.74, 6) is 0. The standard InChI is InChI=1S/C28H26Cl2N3/c1-18(12-13-21-8-5-4-6-9-21)32-26-17-23(19(2)33-20(26)3)22-14-15-31-27(16-22)28-24(29)10-7-11-25(28)30/h4-11,14-16,18,32H,12-13H2,1-3H3. The van der Waals surface area contributed by atoms with E-state index >= 15 is 0 Å². The molecule has 0 aliphatic heterocycles. The molecule has 2 aromatic carbocycles. The summed E-state index contributed by atoms with van der Waals surface area (Å²) < 4.78 is 0. The van der Waals surface area contributed by atoms with Gasteiger partial charge in [-0.1, -0.05) is 59.6 Å². The molecule has 1 N–H and O–H groups in total. The quantitative estimate of drug-likeness (QED) is 0.295. The Morgan fingerprint density at radius 1 is 0.939 bits per heavy atom. The van der Waals surface area contributed by atoms with Crippen molar-refractivity contribution in [3.63, 3.8) is 0 Å². The van der Waals surface area contributed by atoms with Crippen molar-refractivity contribution in [1.82, 2.24) is 9.97 Å². The minimum atomic E-state index is 0.285. The molecule has 33 heavy (non-hydrogen) atoms. The average Bonchev–Trinajstić information content (AvgIpc) is 2.80. The summed E-state index contributed by atoms with van der Waals surface area (Å²) in [5.41, 5.74) is 7.48. The fourth-order valence-electron chi connectivity index (χ4n) is 3.90. The van der Waals surface area contributed by atoms with E-state index in [1.54, 1.807) is 6.20 Å². The Bertz CT molecular complexity index is 1240. The number of nitrogens with zero attached hydrogens (tertiary/aromatic N) is 2. The summed E-state index contributed by atoms with van der Waals surface area (Å²) in [4.78, 5) is 9.30. The fraction of sp³-hybridized carbons (Fsp3) is 0.214. The van der Waals surface area contributed by atoms with Crippen LogP contribution >= 0.6 is 23.2 Å². The first-order valence-electron chi connectivity index (χ1n) is 11.0. The number of pyridine rings is 2. The maximum Gasteiger partial charge on any atom is 0.0738 e. The van der Waals surface area contributed by atoms with E-state index in [1.165, 1.54) is 5.56 Å². The zero-order valence-corrected chi connectivity index (χ0v) is 20.5. The lowest BCUT2D eigenvalue weighted by molar-refractivity contribution is 0.704. The van der Waals surface area contributed by atoms with Crippen LogP contribution in [0.4, 0.5) is 5.69 Å². The SMILES string of the molecule is Cc1nc(C)c(-c2ccnc(-c3c(Cl)cccc3Cl)c2)[c]c1NC(C)CCc1ccccc1. The molecule has 1 radical (unpaired) electrons. The van der Waals surface area contributed by atoms with Gasteiger partial charge in [0, 0.05) is 35.1 Å². The van der Waals surface area contributed by atoms with Gasteiger partial charge < -0.3 is 5.32 Å². The highest BCUT2D eigenvalue weighted by molar-refractivity contribution is 6.39. The van der Waals surface area contributed by atoms with E-state index in [9.17, 15) is 0 Å². The van der Waals surface area contributed by atoms with Crippen molar-refractivity contribution < 1.29 is 0 Å². The van der Waals surface area contributed by atoms with Crippen molar-refractivity contribution in [2.24, 2.45) is 0 Å². The van der Waals surface area contributed by atoms with Crippen LogP contribution in [0.2, 0.25) is 10.0 Å². The lowest BCUT2D eigenvalue weighted by atomic mass is 10.0. The van der Waals surface area contributed by atoms with Crippen LogP contribution in [0.15, 0.2) is 66.9 Å². The Kier molecular flexibility index (Phi) is 7.32. The average molecular weight is 475 g/mol. The van der Waals surface area contributed by atoms with E-state index in [4.69, 9.17) is 28.2 Å². The Morgan fingerprint density at radius 2 is 1.67 bits per heavy atom. The lowest BCUT2D eigenvalue weighted by Crippen LogP contribution is -2.17. The van der Waals surface area contributed by atoms with Gasteiger partial charge in [-0.25, -0.2) is 0 Å². The smallest absolute Gasteiger partial charge is 0.0738 e. The molecule has 3 nitrogen and oxygen atoms in total. The number of hydrogen-bond acceptors (Lipinski definition) is 3. The highest BCUT2D eigenvalue weighted by atomic mass is 35.5. The van der Waals surface area contributed by atoms with Crippen LogP contribution in [0.5, 0.6) is 0 Å². The molecule has 1 atom stereocenters. The van der Waals surface area contributed by atoms with Gasteiger partial charge in [0.05, 0.1) is 27.1 Å². The molecule has 0 fully saturated rings. The molecule has 4 aromatic rings. The van der Waals surface area contributed by atoms with Crippen LogP contribution in [-0.2, 0) is 6.42 Å². The number of aromatic nitrogens is 2. The third-order valence-corrected chi connectivity index (χ3v) is 6.31. The number of rotatable bonds is 7. The number of halogens is 2. The van der Waals surface area contributed by atoms with Crippen LogP contribution in [0.25, 0.3) is 22.4 Å². The van der Waals surface area contributed by atoms with Crippen LogP contribution in [0, 0.1) is 19.9 Å². The number of hydrogen-bond donors (Lipinski definition) is 1. The molecule has 0 saturated heterocycles. The maximum absolute atomic E-state index is 6.42. The van der Waals surface area contributed by atoms with Gasteiger partial charge in [0.25, 0.3) is 0 Å². The van der Waals surface area contributed by atoms with E-state index in [0.29, 0.717) is 10.0 Å². The summed E-state index contributed by atoms with van der Waals surface area (Å²) in [6.45, 7) is 6.21. The van der Waals surface area contributed by atoms with Gasteiger partial charge in [0.15, 0.2) is 0 Å². The van der Waals surface area contributed by atoms with Gasteiger partial charge in [-0.3, -0.25) is 9.97 Å². The Labute approximate surface area is 205 Å². The van der Waals surface area contributed by atoms with Gasteiger partial charge in [-0.15, -0.1) is 0 Å². The van der Waals surface area contributed by atoms with Gasteiger partial charge in [-0.05, 0) is 69.0 Å². The molecule has 0 aliphatic carbocycles. The second-order valence-corrected chi connectivity index (χ2v) is 9.07. The Morgan fingerprint density at radius 3 is 2.39 bits per heavy atom. The van der Waals surface area contributed by atoms with Crippen LogP contribution in [-0.4, -0.2) is 16.0 Å². The molecule has 0 amide bonds. The molecule has 0 spiro atoms. The van der Waals surface area contributed by atoms with Crippen molar-refractivity contribution in [1.29, 1.82) is 0 Å². The minimum absolute atomic E-state index is 0.285. The third-order valence-electron chi connectivity index (χ3n) is 5.68. The molecule has 167 valence electrons. The third kappa shape index (κ3) is 5.55. The van der Waals surface area contributed by atoms with Crippen LogP contribution in [0.1, 0.15) is 30.3 Å². The monoisotopic (exact) mass is 474 g/mol. The molecule has 0 aliphatic rings. The van der Waals surface area contributed by atoms with Crippen molar-refractivity contribution in [2.45, 2.75) is 39.7 Å². The number of aryl methyl sites for hydroxylation is 3. The number of anilines is 1. The zero-order chi connectivity index (χ0) is 23.4. The van der Waals surface area contributed by atoms with E-state index < -0.39 is 0 Å². The van der Waals surface area contributed by atoms with Crippen molar-refractivity contribution >= 4 is 28.9 Å². The lowest BCUT2D eigenvalue weighted by Gasteiger charge is -2.18. The fourth-order valence-corrected chi connectivity index (χ4v) is 4.49.